The van der Waals surface area contributed by atoms with E-state index >= 15 is 0 Å². The monoisotopic (exact) mass is 304 g/mol. The number of hydrogen-bond donors (Lipinski definition) is 4. The molecule has 1 unspecified atom stereocenters. The van der Waals surface area contributed by atoms with Gasteiger partial charge in [-0.3, -0.25) is 9.59 Å². The summed E-state index contributed by atoms with van der Waals surface area (Å²) in [5.74, 6) is -2.15. The van der Waals surface area contributed by atoms with Gasteiger partial charge in [-0.15, -0.1) is 0 Å². The van der Waals surface area contributed by atoms with Crippen molar-refractivity contribution in [3.63, 3.8) is 0 Å². The number of rotatable bonds is 3. The topological polar surface area (TPSA) is 160 Å². The zero-order chi connectivity index (χ0) is 16.3. The van der Waals surface area contributed by atoms with Crippen molar-refractivity contribution < 1.29 is 14.7 Å². The van der Waals surface area contributed by atoms with Crippen molar-refractivity contribution in [3.05, 3.63) is 24.3 Å². The molecule has 0 aliphatic carbocycles. The number of hydrogen-bond acceptors (Lipinski definition) is 3. The van der Waals surface area contributed by atoms with Crippen LogP contribution in [-0.4, -0.2) is 35.4 Å². The Balaban J connectivity index is 2.14. The summed E-state index contributed by atoms with van der Waals surface area (Å²) in [6, 6.07) is 6.57. The van der Waals surface area contributed by atoms with Gasteiger partial charge >= 0.3 is 5.97 Å². The van der Waals surface area contributed by atoms with Crippen LogP contribution < -0.4 is 22.1 Å². The molecule has 0 aromatic heterocycles. The van der Waals surface area contributed by atoms with E-state index in [1.807, 2.05) is 0 Å². The second kappa shape index (κ2) is 6.12. The maximum absolute atomic E-state index is 11.8. The van der Waals surface area contributed by atoms with E-state index in [0.29, 0.717) is 11.4 Å². The fourth-order valence-electron chi connectivity index (χ4n) is 2.12. The van der Waals surface area contributed by atoms with Crippen LogP contribution in [0, 0.1) is 5.92 Å². The van der Waals surface area contributed by atoms with Crippen molar-refractivity contribution >= 4 is 35.2 Å². The number of carboxylic acids is 1. The van der Waals surface area contributed by atoms with Gasteiger partial charge in [0.2, 0.25) is 11.9 Å². The number of amides is 1. The largest absolute Gasteiger partial charge is 0.481 e. The molecule has 1 aromatic rings. The van der Waals surface area contributed by atoms with Gasteiger partial charge in [0.15, 0.2) is 5.96 Å². The van der Waals surface area contributed by atoms with Crippen LogP contribution in [0.25, 0.3) is 0 Å². The highest BCUT2D eigenvalue weighted by Gasteiger charge is 2.34. The number of benzene rings is 1. The molecule has 0 bridgehead atoms. The van der Waals surface area contributed by atoms with Gasteiger partial charge in [0.1, 0.15) is 0 Å². The van der Waals surface area contributed by atoms with E-state index < -0.39 is 11.9 Å². The molecule has 0 radical (unpaired) electrons. The van der Waals surface area contributed by atoms with Crippen LogP contribution in [0.3, 0.4) is 0 Å². The van der Waals surface area contributed by atoms with Crippen molar-refractivity contribution in [1.29, 1.82) is 0 Å². The Hall–Kier alpha value is -3.10. The number of nitrogens with zero attached hydrogens (tertiary/aromatic N) is 3. The lowest BCUT2D eigenvalue weighted by atomic mass is 10.1. The van der Waals surface area contributed by atoms with Gasteiger partial charge in [0, 0.05) is 18.7 Å². The normalized spacial score (nSPS) is 18.4. The van der Waals surface area contributed by atoms with E-state index in [4.69, 9.17) is 22.3 Å². The Kier molecular flexibility index (Phi) is 4.25. The average molecular weight is 304 g/mol. The lowest BCUT2D eigenvalue weighted by Gasteiger charge is -2.16. The van der Waals surface area contributed by atoms with Crippen LogP contribution in [0.5, 0.6) is 0 Å². The van der Waals surface area contributed by atoms with Crippen LogP contribution in [0.1, 0.15) is 6.42 Å². The molecule has 9 nitrogen and oxygen atoms in total. The summed E-state index contributed by atoms with van der Waals surface area (Å²) in [7, 11) is 0. The van der Waals surface area contributed by atoms with Gasteiger partial charge in [-0.05, 0) is 24.3 Å². The van der Waals surface area contributed by atoms with E-state index in [1.54, 1.807) is 24.3 Å². The van der Waals surface area contributed by atoms with Crippen LogP contribution in [-0.2, 0) is 9.59 Å². The molecule has 0 saturated carbocycles. The molecule has 1 saturated heterocycles. The Morgan fingerprint density at radius 2 is 1.86 bits per heavy atom. The number of aliphatic carboxylic acids is 1. The molecule has 1 aliphatic rings. The smallest absolute Gasteiger partial charge is 0.308 e. The molecule has 22 heavy (non-hydrogen) atoms. The standard InChI is InChI=1S/C13H16N6O3/c14-12(15)18-13(16)17-8-1-3-9(4-2-8)19-6-7(11(21)22)5-10(19)20/h1-4,7H,5-6H2,(H,21,22)(H6,14,15,16,17,18). The lowest BCUT2D eigenvalue weighted by Crippen LogP contribution is -2.26. The molecule has 7 N–H and O–H groups in total. The first-order valence-corrected chi connectivity index (χ1v) is 6.44. The summed E-state index contributed by atoms with van der Waals surface area (Å²) in [5.41, 5.74) is 17.0. The average Bonchev–Trinajstić information content (AvgIpc) is 2.81. The van der Waals surface area contributed by atoms with Crippen molar-refractivity contribution in [1.82, 2.24) is 0 Å². The van der Waals surface area contributed by atoms with E-state index in [1.165, 1.54) is 4.90 Å². The van der Waals surface area contributed by atoms with E-state index in [0.717, 1.165) is 0 Å². The van der Waals surface area contributed by atoms with E-state index in [9.17, 15) is 9.59 Å². The maximum Gasteiger partial charge on any atom is 0.308 e. The van der Waals surface area contributed by atoms with Crippen molar-refractivity contribution in [2.75, 3.05) is 11.4 Å². The van der Waals surface area contributed by atoms with Gasteiger partial charge < -0.3 is 27.2 Å². The highest BCUT2D eigenvalue weighted by molar-refractivity contribution is 5.99. The molecule has 2 rings (SSSR count). The zero-order valence-electron chi connectivity index (χ0n) is 11.6. The second-order valence-electron chi connectivity index (χ2n) is 4.77. The van der Waals surface area contributed by atoms with Gasteiger partial charge in [0.05, 0.1) is 11.6 Å². The Morgan fingerprint density at radius 3 is 2.36 bits per heavy atom. The minimum atomic E-state index is -0.970. The number of guanidine groups is 2. The minimum absolute atomic E-state index is 0.00662. The summed E-state index contributed by atoms with van der Waals surface area (Å²) in [6.07, 6.45) is 0.00662. The first kappa shape index (κ1) is 15.3. The van der Waals surface area contributed by atoms with Crippen LogP contribution in [0.4, 0.5) is 11.4 Å². The predicted molar refractivity (Wildman–Crippen MR) is 81.6 cm³/mol. The molecule has 0 spiro atoms. The molecule has 116 valence electrons. The quantitative estimate of drug-likeness (QED) is 0.428. The van der Waals surface area contributed by atoms with Crippen molar-refractivity contribution in [2.24, 2.45) is 33.1 Å². The number of carbonyl (C=O) groups is 2. The number of carboxylic acid groups (broad SMARTS) is 1. The van der Waals surface area contributed by atoms with Gasteiger partial charge in [-0.25, -0.2) is 4.99 Å². The summed E-state index contributed by atoms with van der Waals surface area (Å²) >= 11 is 0. The summed E-state index contributed by atoms with van der Waals surface area (Å²) in [6.45, 7) is 0.160. The highest BCUT2D eigenvalue weighted by atomic mass is 16.4. The van der Waals surface area contributed by atoms with Crippen LogP contribution in [0.2, 0.25) is 0 Å². The molecule has 1 amide bonds. The SMILES string of the molecule is NC(N)=NC(N)=Nc1ccc(N2CC(C(=O)O)CC2=O)cc1. The van der Waals surface area contributed by atoms with Crippen LogP contribution in [0.15, 0.2) is 34.3 Å². The summed E-state index contributed by atoms with van der Waals surface area (Å²) in [5, 5.41) is 8.97. The predicted octanol–water partition coefficient (Wildman–Crippen LogP) is -0.656. The van der Waals surface area contributed by atoms with Crippen LogP contribution >= 0.6 is 0 Å². The first-order chi connectivity index (χ1) is 10.4. The third-order valence-corrected chi connectivity index (χ3v) is 3.12. The number of aliphatic imine (C=N–C) groups is 2. The van der Waals surface area contributed by atoms with E-state index in [2.05, 4.69) is 9.98 Å². The molecule has 1 aliphatic heterocycles. The first-order valence-electron chi connectivity index (χ1n) is 6.44. The molecule has 1 heterocycles. The molecule has 1 atom stereocenters. The Labute approximate surface area is 126 Å². The number of nitrogens with two attached hydrogens (primary N) is 3. The third-order valence-electron chi connectivity index (χ3n) is 3.12. The molecule has 1 fully saturated rings. The molecule has 9 heteroatoms. The Morgan fingerprint density at radius 1 is 1.23 bits per heavy atom. The van der Waals surface area contributed by atoms with E-state index in [-0.39, 0.29) is 30.8 Å². The van der Waals surface area contributed by atoms with Gasteiger partial charge in [-0.2, -0.15) is 4.99 Å². The van der Waals surface area contributed by atoms with Gasteiger partial charge in [-0.1, -0.05) is 0 Å². The maximum atomic E-state index is 11.8. The van der Waals surface area contributed by atoms with Crippen molar-refractivity contribution in [3.8, 4) is 0 Å². The molecular formula is C13H16N6O3. The fourth-order valence-corrected chi connectivity index (χ4v) is 2.12. The highest BCUT2D eigenvalue weighted by Crippen LogP contribution is 2.27. The molecular weight excluding hydrogens is 288 g/mol. The zero-order valence-corrected chi connectivity index (χ0v) is 11.6. The fraction of sp³-hybridized carbons (Fsp3) is 0.231. The molecule has 1 aromatic carbocycles. The summed E-state index contributed by atoms with van der Waals surface area (Å²) < 4.78 is 0. The third kappa shape index (κ3) is 3.51. The lowest BCUT2D eigenvalue weighted by molar-refractivity contribution is -0.141. The van der Waals surface area contributed by atoms with Crippen molar-refractivity contribution in [2.45, 2.75) is 6.42 Å². The number of carbonyl (C=O) groups excluding carboxylic acids is 1. The second-order valence-corrected chi connectivity index (χ2v) is 4.77. The Bertz CT molecular complexity index is 648. The summed E-state index contributed by atoms with van der Waals surface area (Å²) in [4.78, 5) is 31.8. The van der Waals surface area contributed by atoms with Gasteiger partial charge in [0.25, 0.3) is 0 Å². The minimum Gasteiger partial charge on any atom is -0.481 e. The number of anilines is 1.